The van der Waals surface area contributed by atoms with Gasteiger partial charge in [0.1, 0.15) is 17.8 Å². The zero-order chi connectivity index (χ0) is 33.1. The number of likely N-dealkylation sites (tertiary alicyclic amines) is 1. The number of hydrogen-bond acceptors (Lipinski definition) is 8. The largest absolute Gasteiger partial charge is 0.495 e. The summed E-state index contributed by atoms with van der Waals surface area (Å²) in [4.78, 5) is 20.4. The summed E-state index contributed by atoms with van der Waals surface area (Å²) in [5, 5.41) is 6.14. The van der Waals surface area contributed by atoms with E-state index in [1.165, 1.54) is 31.4 Å². The van der Waals surface area contributed by atoms with E-state index in [1.807, 2.05) is 0 Å². The molecule has 2 saturated heterocycles. The summed E-state index contributed by atoms with van der Waals surface area (Å²) in [5.74, 6) is 6.01. The van der Waals surface area contributed by atoms with Gasteiger partial charge in [-0.2, -0.15) is 13.2 Å². The fourth-order valence-corrected chi connectivity index (χ4v) is 6.74. The molecule has 2 fully saturated rings. The van der Waals surface area contributed by atoms with Gasteiger partial charge in [0.25, 0.3) is 5.91 Å². The minimum absolute atomic E-state index is 0.0637. The van der Waals surface area contributed by atoms with Crippen LogP contribution in [0.5, 0.6) is 5.75 Å². The molecule has 2 unspecified atom stereocenters. The highest BCUT2D eigenvalue weighted by molar-refractivity contribution is 7.90. The first-order valence-corrected chi connectivity index (χ1v) is 17.0. The van der Waals surface area contributed by atoms with E-state index in [0.717, 1.165) is 62.7 Å². The van der Waals surface area contributed by atoms with E-state index < -0.39 is 28.5 Å². The lowest BCUT2D eigenvalue weighted by molar-refractivity contribution is -0.139. The predicted molar refractivity (Wildman–Crippen MR) is 168 cm³/mol. The number of sulfone groups is 1. The Morgan fingerprint density at radius 1 is 1.17 bits per heavy atom. The Kier molecular flexibility index (Phi) is 10.1. The molecule has 46 heavy (non-hydrogen) atoms. The Morgan fingerprint density at radius 3 is 2.61 bits per heavy atom. The van der Waals surface area contributed by atoms with Gasteiger partial charge in [-0.1, -0.05) is 18.8 Å². The number of fused-ring (bicyclic) bond motifs is 1. The van der Waals surface area contributed by atoms with Gasteiger partial charge in [0.05, 0.1) is 41.6 Å². The fraction of sp³-hybridized carbons (Fsp3) is 0.500. The number of hydrogen-bond donors (Lipinski definition) is 2. The quantitative estimate of drug-likeness (QED) is 0.347. The number of benzene rings is 2. The predicted octanol–water partition coefficient (Wildman–Crippen LogP) is 4.09. The minimum atomic E-state index is -4.49. The zero-order valence-corrected chi connectivity index (χ0v) is 26.8. The standard InChI is InChI=1S/C32H38F3N5O5S/c1-21-18-39(23-9-13-45-14-10-23)12-8-26(21)38-31(41)25-15-22(16-28-30(25)37-20-40(28)19-32(33,34)35)5-4-11-36-27-17-24(46(3,42)43)6-7-29(27)44-2/h6-7,15-17,20-21,23,26,36H,8-14,18-19H2,1-3H3,(H,38,41). The third-order valence-electron chi connectivity index (χ3n) is 8.48. The second-order valence-corrected chi connectivity index (χ2v) is 13.9. The molecule has 2 aromatic carbocycles. The number of anilines is 1. The smallest absolute Gasteiger partial charge is 0.406 e. The highest BCUT2D eigenvalue weighted by Crippen LogP contribution is 2.29. The Balaban J connectivity index is 1.37. The second kappa shape index (κ2) is 13.9. The normalized spacial score (nSPS) is 19.8. The molecule has 5 rings (SSSR count). The molecule has 2 atom stereocenters. The number of carbonyl (C=O) groups is 1. The number of piperidine rings is 1. The lowest BCUT2D eigenvalue weighted by Gasteiger charge is -2.42. The second-order valence-electron chi connectivity index (χ2n) is 11.9. The van der Waals surface area contributed by atoms with Crippen molar-refractivity contribution in [3.05, 3.63) is 47.8 Å². The molecule has 10 nitrogen and oxygen atoms in total. The molecule has 0 spiro atoms. The maximum atomic E-state index is 13.7. The van der Waals surface area contributed by atoms with Crippen molar-refractivity contribution in [3.8, 4) is 17.6 Å². The number of rotatable bonds is 8. The number of imidazole rings is 1. The van der Waals surface area contributed by atoms with Gasteiger partial charge in [-0.25, -0.2) is 13.4 Å². The molecule has 0 saturated carbocycles. The molecule has 2 aliphatic heterocycles. The number of carbonyl (C=O) groups excluding carboxylic acids is 1. The summed E-state index contributed by atoms with van der Waals surface area (Å²) >= 11 is 0. The number of nitrogens with one attached hydrogen (secondary N) is 2. The van der Waals surface area contributed by atoms with E-state index in [4.69, 9.17) is 9.47 Å². The molecule has 1 amide bonds. The van der Waals surface area contributed by atoms with Crippen LogP contribution < -0.4 is 15.4 Å². The zero-order valence-electron chi connectivity index (χ0n) is 26.0. The van der Waals surface area contributed by atoms with E-state index in [-0.39, 0.29) is 40.0 Å². The molecule has 3 heterocycles. The highest BCUT2D eigenvalue weighted by Gasteiger charge is 2.33. The maximum Gasteiger partial charge on any atom is 0.406 e. The molecule has 248 valence electrons. The third-order valence-corrected chi connectivity index (χ3v) is 9.59. The lowest BCUT2D eigenvalue weighted by Crippen LogP contribution is -2.53. The maximum absolute atomic E-state index is 13.7. The monoisotopic (exact) mass is 661 g/mol. The molecule has 2 aliphatic rings. The van der Waals surface area contributed by atoms with Gasteiger partial charge in [-0.3, -0.25) is 9.69 Å². The average Bonchev–Trinajstić information content (AvgIpc) is 3.40. The summed E-state index contributed by atoms with van der Waals surface area (Å²) in [6.45, 7) is 4.08. The summed E-state index contributed by atoms with van der Waals surface area (Å²) in [7, 11) is -2.00. The Morgan fingerprint density at radius 2 is 1.93 bits per heavy atom. The van der Waals surface area contributed by atoms with E-state index in [2.05, 4.69) is 39.3 Å². The van der Waals surface area contributed by atoms with Crippen molar-refractivity contribution >= 4 is 32.5 Å². The van der Waals surface area contributed by atoms with Crippen molar-refractivity contribution in [1.82, 2.24) is 19.8 Å². The first-order chi connectivity index (χ1) is 21.8. The topological polar surface area (TPSA) is 115 Å². The number of aromatic nitrogens is 2. The number of halogens is 3. The van der Waals surface area contributed by atoms with Crippen molar-refractivity contribution in [1.29, 1.82) is 0 Å². The summed E-state index contributed by atoms with van der Waals surface area (Å²) < 4.78 is 75.9. The Bertz CT molecular complexity index is 1740. The number of amides is 1. The van der Waals surface area contributed by atoms with Gasteiger partial charge in [-0.05, 0) is 55.5 Å². The molecular weight excluding hydrogens is 623 g/mol. The van der Waals surface area contributed by atoms with E-state index in [0.29, 0.717) is 23.0 Å². The van der Waals surface area contributed by atoms with Crippen LogP contribution in [0.4, 0.5) is 18.9 Å². The lowest BCUT2D eigenvalue weighted by atomic mass is 9.91. The Labute approximate surface area is 266 Å². The number of alkyl halides is 3. The van der Waals surface area contributed by atoms with Gasteiger partial charge in [0.15, 0.2) is 9.84 Å². The van der Waals surface area contributed by atoms with Crippen LogP contribution in [0, 0.1) is 17.8 Å². The van der Waals surface area contributed by atoms with Crippen LogP contribution in [0.1, 0.15) is 42.1 Å². The van der Waals surface area contributed by atoms with Crippen LogP contribution in [0.2, 0.25) is 0 Å². The minimum Gasteiger partial charge on any atom is -0.495 e. The molecular formula is C32H38F3N5O5S. The van der Waals surface area contributed by atoms with Crippen molar-refractivity contribution in [2.24, 2.45) is 5.92 Å². The van der Waals surface area contributed by atoms with Crippen LogP contribution >= 0.6 is 0 Å². The van der Waals surface area contributed by atoms with Crippen LogP contribution in [-0.4, -0.2) is 93.2 Å². The summed E-state index contributed by atoms with van der Waals surface area (Å²) in [6.07, 6.45) is 0.436. The summed E-state index contributed by atoms with van der Waals surface area (Å²) in [6, 6.07) is 7.80. The molecule has 3 aromatic rings. The van der Waals surface area contributed by atoms with Gasteiger partial charge >= 0.3 is 6.18 Å². The number of ether oxygens (including phenoxy) is 2. The van der Waals surface area contributed by atoms with Gasteiger partial charge in [0, 0.05) is 50.2 Å². The van der Waals surface area contributed by atoms with E-state index >= 15 is 0 Å². The number of methoxy groups -OCH3 is 1. The van der Waals surface area contributed by atoms with Crippen molar-refractivity contribution in [3.63, 3.8) is 0 Å². The molecule has 14 heteroatoms. The first kappa shape index (κ1) is 33.6. The van der Waals surface area contributed by atoms with E-state index in [1.54, 1.807) is 6.07 Å². The molecule has 0 radical (unpaired) electrons. The van der Waals surface area contributed by atoms with Gasteiger partial charge < -0.3 is 24.7 Å². The van der Waals surface area contributed by atoms with Crippen LogP contribution in [0.3, 0.4) is 0 Å². The van der Waals surface area contributed by atoms with Crippen LogP contribution in [-0.2, 0) is 21.1 Å². The van der Waals surface area contributed by atoms with Gasteiger partial charge in [0.2, 0.25) is 0 Å². The van der Waals surface area contributed by atoms with E-state index in [9.17, 15) is 26.4 Å². The average molecular weight is 662 g/mol. The third kappa shape index (κ3) is 8.12. The van der Waals surface area contributed by atoms with Crippen LogP contribution in [0.25, 0.3) is 11.0 Å². The van der Waals surface area contributed by atoms with Crippen molar-refractivity contribution in [2.75, 3.05) is 51.5 Å². The van der Waals surface area contributed by atoms with Crippen molar-refractivity contribution in [2.45, 2.75) is 55.9 Å². The SMILES string of the molecule is COc1ccc(S(C)(=O)=O)cc1NCC#Cc1cc(C(=O)NC2CCN(C3CCOCC3)CC2C)c2ncn(CC(F)(F)F)c2c1. The van der Waals surface area contributed by atoms with Crippen molar-refractivity contribution < 1.29 is 35.9 Å². The molecule has 1 aromatic heterocycles. The molecule has 0 bridgehead atoms. The first-order valence-electron chi connectivity index (χ1n) is 15.1. The fourth-order valence-electron chi connectivity index (χ4n) is 6.09. The molecule has 2 N–H and O–H groups in total. The highest BCUT2D eigenvalue weighted by atomic mass is 32.2. The summed E-state index contributed by atoms with van der Waals surface area (Å²) in [5.41, 5.74) is 1.21. The Hall–Kier alpha value is -3.80. The number of nitrogens with zero attached hydrogens (tertiary/aromatic N) is 3. The van der Waals surface area contributed by atoms with Crippen LogP contribution in [0.15, 0.2) is 41.6 Å². The van der Waals surface area contributed by atoms with Gasteiger partial charge in [-0.15, -0.1) is 0 Å². The molecule has 0 aliphatic carbocycles.